The molecule has 1 aromatic rings. The third kappa shape index (κ3) is 7.02. The minimum atomic E-state index is 0.493. The molecule has 0 saturated carbocycles. The van der Waals surface area contributed by atoms with E-state index in [1.54, 1.807) is 0 Å². The summed E-state index contributed by atoms with van der Waals surface area (Å²) in [5, 5.41) is 3.10. The van der Waals surface area contributed by atoms with Crippen LogP contribution in [-0.4, -0.2) is 19.1 Å². The molecule has 0 heterocycles. The van der Waals surface area contributed by atoms with Gasteiger partial charge in [0.1, 0.15) is 5.75 Å². The summed E-state index contributed by atoms with van der Waals surface area (Å²) in [6.07, 6.45) is 0. The zero-order chi connectivity index (χ0) is 15.0. The number of nitrogens with two attached hydrogens (primary N) is 1. The van der Waals surface area contributed by atoms with Crippen LogP contribution >= 0.6 is 0 Å². The first kappa shape index (κ1) is 16.3. The van der Waals surface area contributed by atoms with E-state index in [-0.39, 0.29) is 0 Å². The Kier molecular flexibility index (Phi) is 6.91. The van der Waals surface area contributed by atoms with Gasteiger partial charge in [0.05, 0.1) is 13.2 Å². The van der Waals surface area contributed by atoms with Crippen molar-refractivity contribution in [3.8, 4) is 5.75 Å². The van der Waals surface area contributed by atoms with Crippen molar-refractivity contribution in [3.63, 3.8) is 0 Å². The molecule has 0 atom stereocenters. The van der Waals surface area contributed by atoms with Crippen LogP contribution in [0.3, 0.4) is 0 Å². The number of nitrogens with zero attached hydrogens (tertiary/aromatic N) is 1. The summed E-state index contributed by atoms with van der Waals surface area (Å²) < 4.78 is 5.70. The lowest BCUT2D eigenvalue weighted by molar-refractivity contribution is 0.271. The van der Waals surface area contributed by atoms with Crippen LogP contribution in [0.2, 0.25) is 0 Å². The third-order valence-corrected chi connectivity index (χ3v) is 2.61. The molecule has 0 unspecified atom stereocenters. The molecule has 0 fully saturated rings. The number of ether oxygens (including phenoxy) is 1. The maximum absolute atomic E-state index is 5.81. The van der Waals surface area contributed by atoms with Crippen molar-refractivity contribution >= 4 is 5.96 Å². The summed E-state index contributed by atoms with van der Waals surface area (Å²) in [6, 6.07) is 8.00. The minimum absolute atomic E-state index is 0.493. The number of nitrogens with one attached hydrogen (secondary N) is 1. The fourth-order valence-corrected chi connectivity index (χ4v) is 1.54. The first-order valence-corrected chi connectivity index (χ1v) is 7.23. The zero-order valence-corrected chi connectivity index (χ0v) is 13.0. The Hall–Kier alpha value is -1.71. The molecule has 0 aromatic heterocycles. The highest BCUT2D eigenvalue weighted by Crippen LogP contribution is 2.14. The first-order valence-electron chi connectivity index (χ1n) is 7.23. The molecule has 0 saturated heterocycles. The molecule has 0 amide bonds. The molecule has 0 radical (unpaired) electrons. The van der Waals surface area contributed by atoms with E-state index < -0.39 is 0 Å². The third-order valence-electron chi connectivity index (χ3n) is 2.61. The van der Waals surface area contributed by atoms with Gasteiger partial charge in [-0.2, -0.15) is 0 Å². The molecule has 1 aromatic carbocycles. The van der Waals surface area contributed by atoms with Gasteiger partial charge < -0.3 is 15.8 Å². The molecule has 0 aliphatic rings. The number of rotatable bonds is 7. The van der Waals surface area contributed by atoms with E-state index >= 15 is 0 Å². The minimum Gasteiger partial charge on any atom is -0.493 e. The monoisotopic (exact) mass is 277 g/mol. The standard InChI is InChI=1S/C16H27N3O/c1-12(2)9-18-16(17)19-10-14-6-5-7-15(8-14)20-11-13(3)4/h5-8,12-13H,9-11H2,1-4H3,(H3,17,18,19). The summed E-state index contributed by atoms with van der Waals surface area (Å²) in [5.41, 5.74) is 6.91. The molecule has 112 valence electrons. The molecule has 4 heteroatoms. The molecule has 1 rings (SSSR count). The van der Waals surface area contributed by atoms with Crippen LogP contribution in [0.25, 0.3) is 0 Å². The molecular weight excluding hydrogens is 250 g/mol. The molecule has 0 bridgehead atoms. The lowest BCUT2D eigenvalue weighted by atomic mass is 10.2. The van der Waals surface area contributed by atoms with Crippen LogP contribution in [0.5, 0.6) is 5.75 Å². The number of benzene rings is 1. The lowest BCUT2D eigenvalue weighted by Gasteiger charge is -2.10. The predicted molar refractivity (Wildman–Crippen MR) is 84.9 cm³/mol. The van der Waals surface area contributed by atoms with E-state index in [0.717, 1.165) is 24.5 Å². The normalized spacial score (nSPS) is 12.0. The number of hydrogen-bond donors (Lipinski definition) is 2. The van der Waals surface area contributed by atoms with Gasteiger partial charge in [-0.25, -0.2) is 4.99 Å². The van der Waals surface area contributed by atoms with Crippen LogP contribution < -0.4 is 15.8 Å². The van der Waals surface area contributed by atoms with Crippen molar-refractivity contribution in [1.29, 1.82) is 0 Å². The Morgan fingerprint density at radius 1 is 1.25 bits per heavy atom. The van der Waals surface area contributed by atoms with Crippen LogP contribution in [-0.2, 0) is 6.54 Å². The largest absolute Gasteiger partial charge is 0.493 e. The van der Waals surface area contributed by atoms with Gasteiger partial charge in [0.2, 0.25) is 0 Å². The molecule has 0 spiro atoms. The Bertz CT molecular complexity index is 427. The number of hydrogen-bond acceptors (Lipinski definition) is 2. The van der Waals surface area contributed by atoms with E-state index in [0.29, 0.717) is 24.3 Å². The molecule has 20 heavy (non-hydrogen) atoms. The molecule has 3 N–H and O–H groups in total. The Labute approximate surface area is 122 Å². The quantitative estimate of drug-likeness (QED) is 0.595. The van der Waals surface area contributed by atoms with Gasteiger partial charge in [-0.05, 0) is 29.5 Å². The van der Waals surface area contributed by atoms with Gasteiger partial charge in [0, 0.05) is 6.54 Å². The second-order valence-corrected chi connectivity index (χ2v) is 5.83. The van der Waals surface area contributed by atoms with Crippen molar-refractivity contribution < 1.29 is 4.74 Å². The summed E-state index contributed by atoms with van der Waals surface area (Å²) in [7, 11) is 0. The number of aliphatic imine (C=N–C) groups is 1. The Morgan fingerprint density at radius 3 is 2.65 bits per heavy atom. The predicted octanol–water partition coefficient (Wildman–Crippen LogP) is 2.78. The smallest absolute Gasteiger partial charge is 0.188 e. The van der Waals surface area contributed by atoms with Gasteiger partial charge in [-0.15, -0.1) is 0 Å². The average molecular weight is 277 g/mol. The molecule has 4 nitrogen and oxygen atoms in total. The highest BCUT2D eigenvalue weighted by atomic mass is 16.5. The first-order chi connectivity index (χ1) is 9.47. The fraction of sp³-hybridized carbons (Fsp3) is 0.562. The topological polar surface area (TPSA) is 59.6 Å². The highest BCUT2D eigenvalue weighted by Gasteiger charge is 2.00. The summed E-state index contributed by atoms with van der Waals surface area (Å²) in [5.74, 6) is 2.45. The Balaban J connectivity index is 2.51. The molecular formula is C16H27N3O. The van der Waals surface area contributed by atoms with Crippen molar-refractivity contribution in [3.05, 3.63) is 29.8 Å². The zero-order valence-electron chi connectivity index (χ0n) is 13.0. The summed E-state index contributed by atoms with van der Waals surface area (Å²) in [4.78, 5) is 4.33. The van der Waals surface area contributed by atoms with Crippen molar-refractivity contribution in [1.82, 2.24) is 5.32 Å². The van der Waals surface area contributed by atoms with Crippen LogP contribution in [0.1, 0.15) is 33.3 Å². The summed E-state index contributed by atoms with van der Waals surface area (Å²) >= 11 is 0. The molecule has 0 aliphatic carbocycles. The van der Waals surface area contributed by atoms with Gasteiger partial charge in [0.25, 0.3) is 0 Å². The second-order valence-electron chi connectivity index (χ2n) is 5.83. The average Bonchev–Trinajstić information content (AvgIpc) is 2.41. The fourth-order valence-electron chi connectivity index (χ4n) is 1.54. The van der Waals surface area contributed by atoms with Gasteiger partial charge in [0.15, 0.2) is 5.96 Å². The maximum Gasteiger partial charge on any atom is 0.188 e. The van der Waals surface area contributed by atoms with Crippen molar-refractivity contribution in [2.45, 2.75) is 34.2 Å². The summed E-state index contributed by atoms with van der Waals surface area (Å²) in [6.45, 7) is 10.7. The van der Waals surface area contributed by atoms with Crippen molar-refractivity contribution in [2.24, 2.45) is 22.6 Å². The Morgan fingerprint density at radius 2 is 2.00 bits per heavy atom. The van der Waals surface area contributed by atoms with E-state index in [1.807, 2.05) is 24.3 Å². The number of guanidine groups is 1. The SMILES string of the molecule is CC(C)CNC(N)=NCc1cccc(OCC(C)C)c1. The van der Waals surface area contributed by atoms with Gasteiger partial charge >= 0.3 is 0 Å². The van der Waals surface area contributed by atoms with Crippen LogP contribution in [0.4, 0.5) is 0 Å². The van der Waals surface area contributed by atoms with E-state index in [1.165, 1.54) is 0 Å². The second kappa shape index (κ2) is 8.46. The van der Waals surface area contributed by atoms with E-state index in [9.17, 15) is 0 Å². The highest BCUT2D eigenvalue weighted by molar-refractivity contribution is 5.77. The van der Waals surface area contributed by atoms with Crippen LogP contribution in [0.15, 0.2) is 29.3 Å². The van der Waals surface area contributed by atoms with Gasteiger partial charge in [-0.1, -0.05) is 39.8 Å². The van der Waals surface area contributed by atoms with E-state index in [2.05, 4.69) is 38.0 Å². The van der Waals surface area contributed by atoms with Crippen molar-refractivity contribution in [2.75, 3.05) is 13.2 Å². The van der Waals surface area contributed by atoms with Crippen LogP contribution in [0, 0.1) is 11.8 Å². The maximum atomic E-state index is 5.81. The molecule has 0 aliphatic heterocycles. The van der Waals surface area contributed by atoms with Gasteiger partial charge in [-0.3, -0.25) is 0 Å². The van der Waals surface area contributed by atoms with E-state index in [4.69, 9.17) is 10.5 Å². The lowest BCUT2D eigenvalue weighted by Crippen LogP contribution is -2.34.